The molecule has 1 aliphatic rings. The number of carbonyl (C=O) groups is 1. The molecule has 3 nitrogen and oxygen atoms in total. The van der Waals surface area contributed by atoms with Gasteiger partial charge < -0.3 is 5.32 Å². The van der Waals surface area contributed by atoms with Crippen LogP contribution in [0.25, 0.3) is 0 Å². The summed E-state index contributed by atoms with van der Waals surface area (Å²) in [5.41, 5.74) is 0.927. The topological polar surface area (TPSA) is 42.0 Å². The van der Waals surface area contributed by atoms with E-state index in [1.807, 2.05) is 25.1 Å². The normalized spacial score (nSPS) is 18.6. The molecule has 92 valence electrons. The molecule has 0 radical (unpaired) electrons. The Balaban J connectivity index is 1.89. The van der Waals surface area contributed by atoms with Gasteiger partial charge in [0, 0.05) is 12.1 Å². The molecule has 0 bridgehead atoms. The molecule has 1 aliphatic carbocycles. The summed E-state index contributed by atoms with van der Waals surface area (Å²) in [6.07, 6.45) is 7.51. The van der Waals surface area contributed by atoms with Gasteiger partial charge >= 0.3 is 0 Å². The van der Waals surface area contributed by atoms with Gasteiger partial charge in [-0.15, -0.1) is 0 Å². The van der Waals surface area contributed by atoms with Crippen LogP contribution in [0, 0.1) is 5.92 Å². The van der Waals surface area contributed by atoms with Gasteiger partial charge in [-0.05, 0) is 31.9 Å². The smallest absolute Gasteiger partial charge is 0.223 e. The number of amides is 1. The Morgan fingerprint density at radius 3 is 2.76 bits per heavy atom. The zero-order valence-electron chi connectivity index (χ0n) is 10.4. The molecule has 17 heavy (non-hydrogen) atoms. The molecule has 0 unspecified atom stereocenters. The maximum atomic E-state index is 12.0. The fourth-order valence-electron chi connectivity index (χ4n) is 2.40. The Hall–Kier alpha value is -1.38. The molecule has 0 saturated heterocycles. The second-order valence-corrected chi connectivity index (χ2v) is 4.82. The molecular weight excluding hydrogens is 212 g/mol. The molecule has 1 saturated carbocycles. The molecule has 1 heterocycles. The molecule has 1 aromatic heterocycles. The van der Waals surface area contributed by atoms with Crippen molar-refractivity contribution < 1.29 is 4.79 Å². The Morgan fingerprint density at radius 2 is 2.12 bits per heavy atom. The largest absolute Gasteiger partial charge is 0.348 e. The molecule has 1 N–H and O–H groups in total. The molecule has 1 aromatic rings. The highest BCUT2D eigenvalue weighted by Crippen LogP contribution is 2.24. The van der Waals surface area contributed by atoms with E-state index in [0.29, 0.717) is 0 Å². The van der Waals surface area contributed by atoms with Crippen LogP contribution in [0.15, 0.2) is 24.4 Å². The minimum absolute atomic E-state index is 0.00521. The molecule has 1 atom stereocenters. The van der Waals surface area contributed by atoms with Crippen molar-refractivity contribution in [3.05, 3.63) is 30.1 Å². The average molecular weight is 232 g/mol. The number of pyridine rings is 1. The standard InChI is InChI=1S/C14H20N2O/c1-11(13-9-5-6-10-15-13)16-14(17)12-7-3-2-4-8-12/h5-6,9-12H,2-4,7-8H2,1H3,(H,16,17)/t11-/m0/s1. The van der Waals surface area contributed by atoms with Crippen LogP contribution in [0.2, 0.25) is 0 Å². The second kappa shape index (κ2) is 5.80. The SMILES string of the molecule is C[C@H](NC(=O)C1CCCCC1)c1ccccn1. The van der Waals surface area contributed by atoms with E-state index in [9.17, 15) is 4.79 Å². The summed E-state index contributed by atoms with van der Waals surface area (Å²) in [4.78, 5) is 16.3. The van der Waals surface area contributed by atoms with E-state index in [1.165, 1.54) is 19.3 Å². The van der Waals surface area contributed by atoms with Crippen LogP contribution in [0.1, 0.15) is 50.8 Å². The van der Waals surface area contributed by atoms with E-state index in [0.717, 1.165) is 18.5 Å². The minimum Gasteiger partial charge on any atom is -0.348 e. The molecule has 0 spiro atoms. The fraction of sp³-hybridized carbons (Fsp3) is 0.571. The third kappa shape index (κ3) is 3.29. The lowest BCUT2D eigenvalue weighted by Crippen LogP contribution is -2.34. The first kappa shape index (κ1) is 12.1. The van der Waals surface area contributed by atoms with Crippen molar-refractivity contribution in [2.24, 2.45) is 5.92 Å². The first-order chi connectivity index (χ1) is 8.27. The van der Waals surface area contributed by atoms with Gasteiger partial charge in [-0.2, -0.15) is 0 Å². The quantitative estimate of drug-likeness (QED) is 0.870. The van der Waals surface area contributed by atoms with E-state index in [4.69, 9.17) is 0 Å². The van der Waals surface area contributed by atoms with Crippen molar-refractivity contribution in [3.63, 3.8) is 0 Å². The maximum absolute atomic E-state index is 12.0. The molecule has 1 fully saturated rings. The average Bonchev–Trinajstić information content (AvgIpc) is 2.40. The summed E-state index contributed by atoms with van der Waals surface area (Å²) < 4.78 is 0. The number of nitrogens with zero attached hydrogens (tertiary/aromatic N) is 1. The Bertz CT molecular complexity index is 358. The Morgan fingerprint density at radius 1 is 1.35 bits per heavy atom. The number of hydrogen-bond acceptors (Lipinski definition) is 2. The third-order valence-corrected chi connectivity index (χ3v) is 3.47. The van der Waals surface area contributed by atoms with Crippen LogP contribution in [0.5, 0.6) is 0 Å². The van der Waals surface area contributed by atoms with Gasteiger partial charge in [0.05, 0.1) is 11.7 Å². The highest BCUT2D eigenvalue weighted by molar-refractivity contribution is 5.79. The highest BCUT2D eigenvalue weighted by atomic mass is 16.1. The summed E-state index contributed by atoms with van der Waals surface area (Å²) in [5.74, 6) is 0.415. The lowest BCUT2D eigenvalue weighted by Gasteiger charge is -2.23. The number of nitrogens with one attached hydrogen (secondary N) is 1. The zero-order chi connectivity index (χ0) is 12.1. The van der Waals surface area contributed by atoms with E-state index < -0.39 is 0 Å². The van der Waals surface area contributed by atoms with E-state index in [-0.39, 0.29) is 17.9 Å². The second-order valence-electron chi connectivity index (χ2n) is 4.82. The van der Waals surface area contributed by atoms with Crippen molar-refractivity contribution in [3.8, 4) is 0 Å². The Labute approximate surface area is 103 Å². The summed E-state index contributed by atoms with van der Waals surface area (Å²) in [5, 5.41) is 3.06. The zero-order valence-corrected chi connectivity index (χ0v) is 10.4. The predicted octanol–water partition coefficient (Wildman–Crippen LogP) is 2.84. The number of rotatable bonds is 3. The molecular formula is C14H20N2O. The maximum Gasteiger partial charge on any atom is 0.223 e. The lowest BCUT2D eigenvalue weighted by molar-refractivity contribution is -0.126. The fourth-order valence-corrected chi connectivity index (χ4v) is 2.40. The molecule has 0 aromatic carbocycles. The van der Waals surface area contributed by atoms with Gasteiger partial charge in [-0.25, -0.2) is 0 Å². The summed E-state index contributed by atoms with van der Waals surface area (Å²) >= 11 is 0. The number of aromatic nitrogens is 1. The van der Waals surface area contributed by atoms with Crippen molar-refractivity contribution in [2.45, 2.75) is 45.1 Å². The van der Waals surface area contributed by atoms with Gasteiger partial charge in [0.1, 0.15) is 0 Å². The summed E-state index contributed by atoms with van der Waals surface area (Å²) in [6, 6.07) is 5.79. The van der Waals surface area contributed by atoms with Crippen LogP contribution in [-0.2, 0) is 4.79 Å². The highest BCUT2D eigenvalue weighted by Gasteiger charge is 2.22. The first-order valence-corrected chi connectivity index (χ1v) is 6.48. The molecule has 1 amide bonds. The lowest BCUT2D eigenvalue weighted by atomic mass is 9.88. The van der Waals surface area contributed by atoms with Gasteiger partial charge in [0.2, 0.25) is 5.91 Å². The van der Waals surface area contributed by atoms with Crippen molar-refractivity contribution in [1.29, 1.82) is 0 Å². The molecule has 3 heteroatoms. The Kier molecular flexibility index (Phi) is 4.13. The van der Waals surface area contributed by atoms with Crippen LogP contribution in [0.3, 0.4) is 0 Å². The van der Waals surface area contributed by atoms with Gasteiger partial charge in [-0.1, -0.05) is 25.3 Å². The minimum atomic E-state index is 0.00521. The first-order valence-electron chi connectivity index (χ1n) is 6.48. The van der Waals surface area contributed by atoms with Crippen LogP contribution >= 0.6 is 0 Å². The van der Waals surface area contributed by atoms with E-state index in [2.05, 4.69) is 10.3 Å². The molecule has 2 rings (SSSR count). The monoisotopic (exact) mass is 232 g/mol. The van der Waals surface area contributed by atoms with E-state index in [1.54, 1.807) is 6.20 Å². The van der Waals surface area contributed by atoms with Gasteiger partial charge in [0.25, 0.3) is 0 Å². The van der Waals surface area contributed by atoms with E-state index >= 15 is 0 Å². The molecule has 0 aliphatic heterocycles. The van der Waals surface area contributed by atoms with Gasteiger partial charge in [-0.3, -0.25) is 9.78 Å². The third-order valence-electron chi connectivity index (χ3n) is 3.47. The number of carbonyl (C=O) groups excluding carboxylic acids is 1. The van der Waals surface area contributed by atoms with Crippen LogP contribution in [0.4, 0.5) is 0 Å². The van der Waals surface area contributed by atoms with Gasteiger partial charge in [0.15, 0.2) is 0 Å². The van der Waals surface area contributed by atoms with Crippen molar-refractivity contribution >= 4 is 5.91 Å². The summed E-state index contributed by atoms with van der Waals surface area (Å²) in [7, 11) is 0. The van der Waals surface area contributed by atoms with Crippen LogP contribution < -0.4 is 5.32 Å². The van der Waals surface area contributed by atoms with Crippen molar-refractivity contribution in [1.82, 2.24) is 10.3 Å². The predicted molar refractivity (Wildman–Crippen MR) is 67.4 cm³/mol. The van der Waals surface area contributed by atoms with Crippen molar-refractivity contribution in [2.75, 3.05) is 0 Å². The summed E-state index contributed by atoms with van der Waals surface area (Å²) in [6.45, 7) is 1.99. The number of hydrogen-bond donors (Lipinski definition) is 1. The van der Waals surface area contributed by atoms with Crippen LogP contribution in [-0.4, -0.2) is 10.9 Å².